The second kappa shape index (κ2) is 5.41. The van der Waals surface area contributed by atoms with Crippen LogP contribution in [0.1, 0.15) is 11.1 Å². The topological polar surface area (TPSA) is 42.4 Å². The van der Waals surface area contributed by atoms with E-state index in [-0.39, 0.29) is 12.4 Å². The monoisotopic (exact) mass is 233 g/mol. The van der Waals surface area contributed by atoms with Gasteiger partial charge in [0.15, 0.2) is 0 Å². The largest absolute Gasteiger partial charge is 0.488 e. The SMILES string of the molecule is OCc1cc(F)ccc1OCc1cccnc1. The highest BCUT2D eigenvalue weighted by molar-refractivity contribution is 5.33. The molecule has 17 heavy (non-hydrogen) atoms. The number of rotatable bonds is 4. The molecular formula is C13H12FNO2. The number of aliphatic hydroxyl groups is 1. The minimum atomic E-state index is -0.386. The van der Waals surface area contributed by atoms with E-state index in [1.165, 1.54) is 18.2 Å². The van der Waals surface area contributed by atoms with Crippen molar-refractivity contribution in [3.8, 4) is 5.75 Å². The Morgan fingerprint density at radius 3 is 2.88 bits per heavy atom. The quantitative estimate of drug-likeness (QED) is 0.881. The predicted octanol–water partition coefficient (Wildman–Crippen LogP) is 2.29. The van der Waals surface area contributed by atoms with E-state index in [0.717, 1.165) is 5.56 Å². The van der Waals surface area contributed by atoms with Gasteiger partial charge >= 0.3 is 0 Å². The van der Waals surface area contributed by atoms with Gasteiger partial charge in [-0.15, -0.1) is 0 Å². The van der Waals surface area contributed by atoms with Crippen LogP contribution >= 0.6 is 0 Å². The van der Waals surface area contributed by atoms with Crippen molar-refractivity contribution in [3.05, 3.63) is 59.7 Å². The highest BCUT2D eigenvalue weighted by Gasteiger charge is 2.04. The minimum Gasteiger partial charge on any atom is -0.488 e. The standard InChI is InChI=1S/C13H12FNO2/c14-12-3-4-13(11(6-12)8-16)17-9-10-2-1-5-15-7-10/h1-7,16H,8-9H2. The average molecular weight is 233 g/mol. The third-order valence-corrected chi connectivity index (χ3v) is 2.31. The summed E-state index contributed by atoms with van der Waals surface area (Å²) < 4.78 is 18.4. The normalized spacial score (nSPS) is 10.2. The molecule has 0 aliphatic rings. The third kappa shape index (κ3) is 3.01. The fraction of sp³-hybridized carbons (Fsp3) is 0.154. The molecule has 2 aromatic rings. The van der Waals surface area contributed by atoms with Crippen LogP contribution in [0.4, 0.5) is 4.39 Å². The summed E-state index contributed by atoms with van der Waals surface area (Å²) in [5.74, 6) is 0.0977. The minimum absolute atomic E-state index is 0.250. The van der Waals surface area contributed by atoms with Crippen LogP contribution in [0.5, 0.6) is 5.75 Å². The molecule has 1 N–H and O–H groups in total. The fourth-order valence-electron chi connectivity index (χ4n) is 1.46. The number of pyridine rings is 1. The molecule has 1 aromatic heterocycles. The first-order valence-electron chi connectivity index (χ1n) is 5.20. The summed E-state index contributed by atoms with van der Waals surface area (Å²) in [6, 6.07) is 7.78. The number of benzene rings is 1. The number of nitrogens with zero attached hydrogens (tertiary/aromatic N) is 1. The molecule has 0 fully saturated rings. The molecule has 0 aliphatic heterocycles. The van der Waals surface area contributed by atoms with E-state index >= 15 is 0 Å². The Morgan fingerprint density at radius 2 is 2.18 bits per heavy atom. The van der Waals surface area contributed by atoms with Gasteiger partial charge in [-0.3, -0.25) is 4.98 Å². The Kier molecular flexibility index (Phi) is 3.67. The van der Waals surface area contributed by atoms with Gasteiger partial charge < -0.3 is 9.84 Å². The van der Waals surface area contributed by atoms with Crippen LogP contribution in [0.25, 0.3) is 0 Å². The number of aliphatic hydroxyl groups excluding tert-OH is 1. The maximum atomic E-state index is 12.9. The first kappa shape index (κ1) is 11.5. The zero-order valence-corrected chi connectivity index (χ0v) is 9.14. The first-order valence-corrected chi connectivity index (χ1v) is 5.20. The summed E-state index contributed by atoms with van der Waals surface area (Å²) >= 11 is 0. The van der Waals surface area contributed by atoms with Gasteiger partial charge in [0.25, 0.3) is 0 Å². The van der Waals surface area contributed by atoms with Gasteiger partial charge in [-0.25, -0.2) is 4.39 Å². The zero-order chi connectivity index (χ0) is 12.1. The fourth-order valence-corrected chi connectivity index (χ4v) is 1.46. The van der Waals surface area contributed by atoms with E-state index in [9.17, 15) is 4.39 Å². The molecule has 0 bridgehead atoms. The molecule has 0 spiro atoms. The smallest absolute Gasteiger partial charge is 0.125 e. The van der Waals surface area contributed by atoms with Crippen LogP contribution in [0.3, 0.4) is 0 Å². The molecule has 88 valence electrons. The van der Waals surface area contributed by atoms with Gasteiger partial charge in [0.05, 0.1) is 6.61 Å². The molecule has 4 heteroatoms. The summed E-state index contributed by atoms with van der Waals surface area (Å²) in [6.45, 7) is 0.0899. The lowest BCUT2D eigenvalue weighted by Crippen LogP contribution is -1.99. The maximum absolute atomic E-state index is 12.9. The van der Waals surface area contributed by atoms with Crippen molar-refractivity contribution >= 4 is 0 Å². The molecule has 0 atom stereocenters. The van der Waals surface area contributed by atoms with Crippen molar-refractivity contribution in [1.82, 2.24) is 4.98 Å². The lowest BCUT2D eigenvalue weighted by atomic mass is 10.2. The molecule has 0 aliphatic carbocycles. The van der Waals surface area contributed by atoms with Crippen LogP contribution in [0.2, 0.25) is 0 Å². The van der Waals surface area contributed by atoms with Gasteiger partial charge in [-0.05, 0) is 24.3 Å². The molecule has 2 rings (SSSR count). The zero-order valence-electron chi connectivity index (χ0n) is 9.14. The number of halogens is 1. The molecule has 1 aromatic carbocycles. The van der Waals surface area contributed by atoms with Crippen molar-refractivity contribution < 1.29 is 14.2 Å². The van der Waals surface area contributed by atoms with Crippen LogP contribution < -0.4 is 4.74 Å². The van der Waals surface area contributed by atoms with Crippen LogP contribution in [-0.4, -0.2) is 10.1 Å². The van der Waals surface area contributed by atoms with E-state index in [1.807, 2.05) is 12.1 Å². The van der Waals surface area contributed by atoms with Crippen molar-refractivity contribution in [1.29, 1.82) is 0 Å². The second-order valence-corrected chi connectivity index (χ2v) is 3.56. The van der Waals surface area contributed by atoms with E-state index in [1.54, 1.807) is 12.4 Å². The highest BCUT2D eigenvalue weighted by Crippen LogP contribution is 2.20. The van der Waals surface area contributed by atoms with E-state index < -0.39 is 0 Å². The van der Waals surface area contributed by atoms with E-state index in [4.69, 9.17) is 9.84 Å². The number of ether oxygens (including phenoxy) is 1. The summed E-state index contributed by atoms with van der Waals surface area (Å²) in [5, 5.41) is 9.08. The van der Waals surface area contributed by atoms with Gasteiger partial charge in [0.1, 0.15) is 18.2 Å². The molecule has 3 nitrogen and oxygen atoms in total. The number of hydrogen-bond acceptors (Lipinski definition) is 3. The second-order valence-electron chi connectivity index (χ2n) is 3.56. The lowest BCUT2D eigenvalue weighted by molar-refractivity contribution is 0.258. The summed E-state index contributed by atoms with van der Waals surface area (Å²) in [7, 11) is 0. The molecule has 1 heterocycles. The Balaban J connectivity index is 2.09. The third-order valence-electron chi connectivity index (χ3n) is 2.31. The Morgan fingerprint density at radius 1 is 1.29 bits per heavy atom. The van der Waals surface area contributed by atoms with Gasteiger partial charge in [-0.1, -0.05) is 6.07 Å². The molecule has 0 unspecified atom stereocenters. The molecule has 0 saturated heterocycles. The Bertz CT molecular complexity index is 488. The maximum Gasteiger partial charge on any atom is 0.125 e. The Hall–Kier alpha value is -1.94. The van der Waals surface area contributed by atoms with Gasteiger partial charge in [0.2, 0.25) is 0 Å². The molecule has 0 amide bonds. The summed E-state index contributed by atoms with van der Waals surface area (Å²) in [5.41, 5.74) is 1.36. The first-order chi connectivity index (χ1) is 8.29. The Labute approximate surface area is 98.5 Å². The number of aromatic nitrogens is 1. The van der Waals surface area contributed by atoms with Gasteiger partial charge in [0, 0.05) is 23.5 Å². The summed E-state index contributed by atoms with van der Waals surface area (Å²) in [4.78, 5) is 3.96. The molecule has 0 radical (unpaired) electrons. The highest BCUT2D eigenvalue weighted by atomic mass is 19.1. The lowest BCUT2D eigenvalue weighted by Gasteiger charge is -2.09. The number of hydrogen-bond donors (Lipinski definition) is 1. The molecule has 0 saturated carbocycles. The van der Waals surface area contributed by atoms with Crippen LogP contribution in [0.15, 0.2) is 42.7 Å². The van der Waals surface area contributed by atoms with Crippen molar-refractivity contribution in [2.24, 2.45) is 0 Å². The van der Waals surface area contributed by atoms with Crippen LogP contribution in [-0.2, 0) is 13.2 Å². The van der Waals surface area contributed by atoms with Crippen molar-refractivity contribution in [3.63, 3.8) is 0 Å². The van der Waals surface area contributed by atoms with Crippen LogP contribution in [0, 0.1) is 5.82 Å². The molecular weight excluding hydrogens is 221 g/mol. The van der Waals surface area contributed by atoms with Crippen molar-refractivity contribution in [2.75, 3.05) is 0 Å². The summed E-state index contributed by atoms with van der Waals surface area (Å²) in [6.07, 6.45) is 3.38. The van der Waals surface area contributed by atoms with E-state index in [0.29, 0.717) is 17.9 Å². The predicted molar refractivity (Wildman–Crippen MR) is 60.9 cm³/mol. The van der Waals surface area contributed by atoms with Gasteiger partial charge in [-0.2, -0.15) is 0 Å². The van der Waals surface area contributed by atoms with E-state index in [2.05, 4.69) is 4.98 Å². The average Bonchev–Trinajstić information content (AvgIpc) is 2.38. The van der Waals surface area contributed by atoms with Crippen molar-refractivity contribution in [2.45, 2.75) is 13.2 Å².